The largest absolute Gasteiger partial charge is 0.0654 e. The van der Waals surface area contributed by atoms with Crippen molar-refractivity contribution in [3.05, 3.63) is 0 Å². The Balaban J connectivity index is 3.01. The van der Waals surface area contributed by atoms with Crippen molar-refractivity contribution in [1.29, 1.82) is 0 Å². The van der Waals surface area contributed by atoms with Crippen LogP contribution in [0.3, 0.4) is 0 Å². The molecule has 0 aromatic heterocycles. The zero-order valence-electron chi connectivity index (χ0n) is 28.0. The van der Waals surface area contributed by atoms with Crippen LogP contribution in [0.2, 0.25) is 12.1 Å². The minimum atomic E-state index is 1.25. The van der Waals surface area contributed by atoms with E-state index in [1.165, 1.54) is 240 Å². The van der Waals surface area contributed by atoms with E-state index in [0.717, 1.165) is 0 Å². The summed E-state index contributed by atoms with van der Waals surface area (Å²) in [5.74, 6) is 0. The molecule has 0 saturated carbocycles. The minimum Gasteiger partial charge on any atom is -0.0654 e. The molecular formula is C38H78Si. The smallest absolute Gasteiger partial charge is 0.0378 e. The zero-order valence-corrected chi connectivity index (χ0v) is 29.0. The third-order valence-corrected chi connectivity index (χ3v) is 10.3. The van der Waals surface area contributed by atoms with Gasteiger partial charge in [0.15, 0.2) is 0 Å². The van der Waals surface area contributed by atoms with Crippen LogP contribution in [0.15, 0.2) is 0 Å². The lowest BCUT2D eigenvalue weighted by Gasteiger charge is -2.04. The Bertz CT molecular complexity index is 356. The lowest BCUT2D eigenvalue weighted by Crippen LogP contribution is -1.90. The maximum Gasteiger partial charge on any atom is 0.0378 e. The molecular weight excluding hydrogens is 485 g/mol. The van der Waals surface area contributed by atoms with Crippen molar-refractivity contribution >= 4 is 9.52 Å². The van der Waals surface area contributed by atoms with E-state index in [0.29, 0.717) is 0 Å². The van der Waals surface area contributed by atoms with Crippen LogP contribution in [0, 0.1) is 0 Å². The van der Waals surface area contributed by atoms with Crippen LogP contribution in [0.4, 0.5) is 0 Å². The Morgan fingerprint density at radius 1 is 0.205 bits per heavy atom. The van der Waals surface area contributed by atoms with Gasteiger partial charge in [0.25, 0.3) is 0 Å². The second kappa shape index (κ2) is 38.2. The van der Waals surface area contributed by atoms with Crippen LogP contribution in [-0.4, -0.2) is 9.52 Å². The Kier molecular flexibility index (Phi) is 38.4. The maximum absolute atomic E-state index is 2.31. The average molecular weight is 563 g/mol. The van der Waals surface area contributed by atoms with Crippen molar-refractivity contribution in [1.82, 2.24) is 0 Å². The van der Waals surface area contributed by atoms with Crippen LogP contribution in [0.1, 0.15) is 232 Å². The van der Waals surface area contributed by atoms with Gasteiger partial charge >= 0.3 is 0 Å². The fourth-order valence-corrected chi connectivity index (χ4v) is 7.32. The summed E-state index contributed by atoms with van der Waals surface area (Å²) in [6.07, 6.45) is 50.5. The van der Waals surface area contributed by atoms with Gasteiger partial charge in [0.05, 0.1) is 0 Å². The quantitative estimate of drug-likeness (QED) is 0.0526. The molecule has 0 rings (SSSR count). The fraction of sp³-hybridized carbons (Fsp3) is 1.00. The third-order valence-electron chi connectivity index (χ3n) is 8.91. The van der Waals surface area contributed by atoms with Gasteiger partial charge in [-0.15, -0.1) is 0 Å². The van der Waals surface area contributed by atoms with E-state index >= 15 is 0 Å². The van der Waals surface area contributed by atoms with Gasteiger partial charge in [-0.25, -0.2) is 0 Å². The van der Waals surface area contributed by atoms with E-state index in [1.54, 1.807) is 0 Å². The first-order valence-corrected chi connectivity index (χ1v) is 20.5. The summed E-state index contributed by atoms with van der Waals surface area (Å²) < 4.78 is 0. The molecule has 0 amide bonds. The first kappa shape index (κ1) is 39.2. The van der Waals surface area contributed by atoms with Crippen LogP contribution >= 0.6 is 0 Å². The summed E-state index contributed by atoms with van der Waals surface area (Å²) in [5, 5.41) is 0. The molecule has 0 fully saturated rings. The second-order valence-corrected chi connectivity index (χ2v) is 14.6. The van der Waals surface area contributed by atoms with Gasteiger partial charge in [-0.2, -0.15) is 0 Å². The van der Waals surface area contributed by atoms with Crippen LogP contribution in [0.5, 0.6) is 0 Å². The highest BCUT2D eigenvalue weighted by molar-refractivity contribution is 6.35. The number of rotatable bonds is 36. The summed E-state index contributed by atoms with van der Waals surface area (Å²) in [6.45, 7) is 4.62. The van der Waals surface area contributed by atoms with E-state index in [9.17, 15) is 0 Å². The first-order valence-electron chi connectivity index (χ1n) is 19.1. The fourth-order valence-electron chi connectivity index (χ4n) is 6.07. The molecule has 0 saturated heterocycles. The molecule has 0 aromatic carbocycles. The number of hydrogen-bond donors (Lipinski definition) is 0. The van der Waals surface area contributed by atoms with Gasteiger partial charge in [-0.3, -0.25) is 0 Å². The number of unbranched alkanes of at least 4 members (excludes halogenated alkanes) is 32. The highest BCUT2D eigenvalue weighted by Crippen LogP contribution is 2.16. The van der Waals surface area contributed by atoms with Crippen molar-refractivity contribution in [2.45, 2.75) is 244 Å². The Hall–Kier alpha value is 0.217. The summed E-state index contributed by atoms with van der Waals surface area (Å²) in [4.78, 5) is 0. The van der Waals surface area contributed by atoms with Crippen LogP contribution in [-0.2, 0) is 0 Å². The molecule has 2 radical (unpaired) electrons. The molecule has 0 bridgehead atoms. The topological polar surface area (TPSA) is 0 Å². The lowest BCUT2D eigenvalue weighted by molar-refractivity contribution is 0.528. The van der Waals surface area contributed by atoms with Crippen molar-refractivity contribution in [3.63, 3.8) is 0 Å². The molecule has 0 aliphatic heterocycles. The van der Waals surface area contributed by atoms with E-state index in [-0.39, 0.29) is 0 Å². The molecule has 0 nitrogen and oxygen atoms in total. The normalized spacial score (nSPS) is 11.5. The van der Waals surface area contributed by atoms with Gasteiger partial charge in [-0.1, -0.05) is 244 Å². The SMILES string of the molecule is CCCCCCCCCCCCCCCCCCC[Si]CCCCCCCCCCCCCCCCCCC. The molecule has 0 aliphatic rings. The van der Waals surface area contributed by atoms with Crippen molar-refractivity contribution in [2.24, 2.45) is 0 Å². The van der Waals surface area contributed by atoms with E-state index in [1.807, 2.05) is 0 Å². The molecule has 0 N–H and O–H groups in total. The molecule has 39 heavy (non-hydrogen) atoms. The average Bonchev–Trinajstić information content (AvgIpc) is 2.95. The molecule has 0 heterocycles. The molecule has 0 aromatic rings. The summed E-state index contributed by atoms with van der Waals surface area (Å²) in [6, 6.07) is 3.05. The molecule has 0 aliphatic carbocycles. The third kappa shape index (κ3) is 38.2. The van der Waals surface area contributed by atoms with Crippen molar-refractivity contribution in [2.75, 3.05) is 0 Å². The number of hydrogen-bond acceptors (Lipinski definition) is 0. The first-order chi connectivity index (χ1) is 19.4. The predicted molar refractivity (Wildman–Crippen MR) is 184 cm³/mol. The van der Waals surface area contributed by atoms with Gasteiger partial charge in [0.1, 0.15) is 0 Å². The van der Waals surface area contributed by atoms with Crippen molar-refractivity contribution < 1.29 is 0 Å². The summed E-state index contributed by atoms with van der Waals surface area (Å²) in [7, 11) is 1.25. The summed E-state index contributed by atoms with van der Waals surface area (Å²) >= 11 is 0. The maximum atomic E-state index is 2.31. The molecule has 1 heteroatoms. The summed E-state index contributed by atoms with van der Waals surface area (Å²) in [5.41, 5.74) is 0. The Morgan fingerprint density at radius 3 is 0.538 bits per heavy atom. The highest BCUT2D eigenvalue weighted by atomic mass is 28.2. The minimum absolute atomic E-state index is 1.25. The molecule has 0 atom stereocenters. The van der Waals surface area contributed by atoms with Gasteiger partial charge in [-0.05, 0) is 0 Å². The Morgan fingerprint density at radius 2 is 0.359 bits per heavy atom. The molecule has 0 spiro atoms. The van der Waals surface area contributed by atoms with E-state index in [2.05, 4.69) is 13.8 Å². The van der Waals surface area contributed by atoms with Crippen LogP contribution < -0.4 is 0 Å². The molecule has 234 valence electrons. The lowest BCUT2D eigenvalue weighted by atomic mass is 10.0. The predicted octanol–water partition coefficient (Wildman–Crippen LogP) is 14.8. The van der Waals surface area contributed by atoms with Gasteiger partial charge in [0.2, 0.25) is 0 Å². The van der Waals surface area contributed by atoms with Crippen LogP contribution in [0.25, 0.3) is 0 Å². The Labute approximate surface area is 253 Å². The second-order valence-electron chi connectivity index (χ2n) is 13.1. The monoisotopic (exact) mass is 563 g/mol. The van der Waals surface area contributed by atoms with E-state index in [4.69, 9.17) is 0 Å². The van der Waals surface area contributed by atoms with E-state index < -0.39 is 0 Å². The standard InChI is InChI=1S/C38H78Si/c1-3-5-7-9-11-13-15-17-19-21-23-25-27-29-31-33-35-37-39-38-36-34-32-30-28-26-24-22-20-18-16-14-12-10-8-6-4-2/h3-38H2,1-2H3. The van der Waals surface area contributed by atoms with Gasteiger partial charge < -0.3 is 0 Å². The van der Waals surface area contributed by atoms with Crippen molar-refractivity contribution in [3.8, 4) is 0 Å². The van der Waals surface area contributed by atoms with Gasteiger partial charge in [0, 0.05) is 9.52 Å². The highest BCUT2D eigenvalue weighted by Gasteiger charge is 1.97. The zero-order chi connectivity index (χ0) is 28.2. The molecule has 0 unspecified atom stereocenters.